The van der Waals surface area contributed by atoms with Gasteiger partial charge in [-0.1, -0.05) is 65.8 Å². The first-order valence-electron chi connectivity index (χ1n) is 30.7. The number of benzene rings is 7. The van der Waals surface area contributed by atoms with E-state index >= 15 is 0 Å². The molecular formula is C72H76BrF6N3O11. The van der Waals surface area contributed by atoms with Gasteiger partial charge in [0.05, 0.1) is 36.3 Å². The smallest absolute Gasteiger partial charge is 0.410 e. The zero-order valence-corrected chi connectivity index (χ0v) is 51.8. The molecule has 494 valence electrons. The van der Waals surface area contributed by atoms with Crippen molar-refractivity contribution in [2.24, 2.45) is 35.5 Å². The molecule has 6 fully saturated rings. The van der Waals surface area contributed by atoms with Crippen LogP contribution in [0.5, 0.6) is 34.5 Å². The average molecular weight is 1350 g/mol. The van der Waals surface area contributed by atoms with Crippen LogP contribution in [0.15, 0.2) is 158 Å². The quantitative estimate of drug-likeness (QED) is 0.0408. The van der Waals surface area contributed by atoms with Gasteiger partial charge in [0.1, 0.15) is 41.1 Å². The number of rotatable bonds is 16. The number of ether oxygens (including phenoxy) is 4. The number of fused-ring (bicyclic) bond motifs is 3. The van der Waals surface area contributed by atoms with E-state index in [0.717, 1.165) is 112 Å². The van der Waals surface area contributed by atoms with Crippen LogP contribution in [0, 0.1) is 70.4 Å². The summed E-state index contributed by atoms with van der Waals surface area (Å²) in [6.45, 7) is 5.98. The minimum Gasteiger partial charge on any atom is -0.508 e. The van der Waals surface area contributed by atoms with Crippen molar-refractivity contribution in [1.29, 1.82) is 0 Å². The third-order valence-electron chi connectivity index (χ3n) is 17.9. The molecule has 13 rings (SSSR count). The molecule has 4 N–H and O–H groups in total. The number of hydrogen-bond acceptors (Lipinski definition) is 13. The van der Waals surface area contributed by atoms with Gasteiger partial charge in [0.2, 0.25) is 0 Å². The molecule has 4 unspecified atom stereocenters. The lowest BCUT2D eigenvalue weighted by Gasteiger charge is -2.22. The Kier molecular flexibility index (Phi) is 23.9. The van der Waals surface area contributed by atoms with Gasteiger partial charge in [-0.25, -0.2) is 31.1 Å². The summed E-state index contributed by atoms with van der Waals surface area (Å²) in [5, 5.41) is 38.3. The van der Waals surface area contributed by atoms with Crippen LogP contribution in [-0.4, -0.2) is 129 Å². The summed E-state index contributed by atoms with van der Waals surface area (Å²) in [6.07, 6.45) is 4.19. The van der Waals surface area contributed by atoms with E-state index in [1.54, 1.807) is 53.4 Å². The Balaban J connectivity index is 0.000000151. The first-order valence-corrected chi connectivity index (χ1v) is 31.8. The molecule has 0 spiro atoms. The molecule has 3 aliphatic heterocycles. The van der Waals surface area contributed by atoms with Gasteiger partial charge < -0.3 is 44.3 Å². The average Bonchev–Trinajstić information content (AvgIpc) is 1.69. The van der Waals surface area contributed by atoms with Crippen LogP contribution in [0.1, 0.15) is 83.9 Å². The van der Waals surface area contributed by atoms with Crippen molar-refractivity contribution >= 4 is 33.6 Å². The standard InChI is InChI=1S/C21H23F2NO3.2C21H21F2NO3.C8H7BrO2.CH4/c2*22-19-6-5-17(9-20(19)23)27-18-7-14-10-24(11-15(14)8-18)12-21(26)13-1-3-16(25)4-2-13;22-19-7-6-17(10-20(19)23)27-18-8-15-11-24(12-16(15)9-18)21(25)26-13-14-4-2-1-3-5-14;9-5-8(11)6-1-3-7(10)4-2-6;/h1-6,9,14-15,18,21,25-26H,7-8,10-12H2;1-6,9,14-15,18,25H,7-8,10-12H2;1-7,10,15-16,18H,8-9,11-13H2;1-4,10H,5H2;1H4/t14-,15+,18?,21?;14-,15+,18?;15-,16+,18?;;. The van der Waals surface area contributed by atoms with E-state index in [-0.39, 0.29) is 67.3 Å². The number of halogens is 7. The fourth-order valence-corrected chi connectivity index (χ4v) is 13.7. The van der Waals surface area contributed by atoms with Gasteiger partial charge in [0.15, 0.2) is 46.5 Å². The minimum atomic E-state index is -0.905. The van der Waals surface area contributed by atoms with Gasteiger partial charge in [-0.05, 0) is 182 Å². The maximum atomic E-state index is 13.3. The normalized spacial score (nSPS) is 22.8. The lowest BCUT2D eigenvalue weighted by Crippen LogP contribution is -2.31. The van der Waals surface area contributed by atoms with E-state index in [4.69, 9.17) is 24.1 Å². The molecule has 6 aliphatic rings. The monoisotopic (exact) mass is 1350 g/mol. The summed E-state index contributed by atoms with van der Waals surface area (Å²) in [5.74, 6) is -1.07. The highest BCUT2D eigenvalue weighted by molar-refractivity contribution is 9.09. The van der Waals surface area contributed by atoms with Crippen LogP contribution < -0.4 is 14.2 Å². The number of amides is 1. The second-order valence-electron chi connectivity index (χ2n) is 24.5. The van der Waals surface area contributed by atoms with Crippen molar-refractivity contribution in [3.63, 3.8) is 0 Å². The van der Waals surface area contributed by atoms with E-state index in [9.17, 15) is 56.0 Å². The third-order valence-corrected chi connectivity index (χ3v) is 18.4. The molecule has 1 amide bonds. The predicted octanol–water partition coefficient (Wildman–Crippen LogP) is 14.1. The highest BCUT2D eigenvalue weighted by atomic mass is 79.9. The zero-order valence-electron chi connectivity index (χ0n) is 50.2. The number of phenols is 3. The van der Waals surface area contributed by atoms with E-state index < -0.39 is 41.0 Å². The number of hydrogen-bond donors (Lipinski definition) is 4. The maximum Gasteiger partial charge on any atom is 0.410 e. The summed E-state index contributed by atoms with van der Waals surface area (Å²) in [7, 11) is 0. The van der Waals surface area contributed by atoms with Crippen LogP contribution in [0.2, 0.25) is 0 Å². The highest BCUT2D eigenvalue weighted by Gasteiger charge is 2.45. The number of nitrogens with zero attached hydrogens (tertiary/aromatic N) is 3. The van der Waals surface area contributed by atoms with Crippen LogP contribution in [0.25, 0.3) is 0 Å². The maximum absolute atomic E-state index is 13.3. The van der Waals surface area contributed by atoms with Gasteiger partial charge in [0, 0.05) is 75.1 Å². The van der Waals surface area contributed by atoms with E-state index in [1.165, 1.54) is 42.5 Å². The molecular weight excluding hydrogens is 1280 g/mol. The number of Topliss-reactive ketones (excluding diaryl/α,β-unsaturated/α-hetero) is 2. The summed E-state index contributed by atoms with van der Waals surface area (Å²) >= 11 is 3.06. The van der Waals surface area contributed by atoms with Crippen molar-refractivity contribution in [2.45, 2.75) is 77.0 Å². The Bertz CT molecular complexity index is 3580. The second-order valence-corrected chi connectivity index (χ2v) is 25.0. The van der Waals surface area contributed by atoms with Crippen molar-refractivity contribution in [2.75, 3.05) is 57.7 Å². The zero-order chi connectivity index (χ0) is 65.0. The SMILES string of the molecule is C.O=C(CBr)c1ccc(O)cc1.O=C(CN1C[C@H]2CC(Oc3ccc(F)c(F)c3)C[C@H]2C1)c1ccc(O)cc1.O=C(OCc1ccccc1)N1C[C@H]2CC(Oc3ccc(F)c(F)c3)C[C@H]2C1.Oc1ccc(C(O)CN2C[C@H]3CC(Oc4ccc(F)c(F)c4)C[C@H]3C2)cc1. The first kappa shape index (κ1) is 69.2. The number of aliphatic hydroxyl groups is 1. The number of alkyl halides is 1. The molecule has 3 heterocycles. The summed E-state index contributed by atoms with van der Waals surface area (Å²) in [5.41, 5.74) is 2.97. The van der Waals surface area contributed by atoms with Gasteiger partial charge >= 0.3 is 6.09 Å². The predicted molar refractivity (Wildman–Crippen MR) is 341 cm³/mol. The topological polar surface area (TPSA) is 179 Å². The number of aromatic hydroxyl groups is 3. The molecule has 14 nitrogen and oxygen atoms in total. The number of β-amino-alcohol motifs (C(OH)–C–C–N with tert-alkyl or cyclic N) is 1. The summed E-state index contributed by atoms with van der Waals surface area (Å²) < 4.78 is 102. The Morgan fingerprint density at radius 3 is 1.22 bits per heavy atom. The van der Waals surface area contributed by atoms with E-state index in [0.29, 0.717) is 95.4 Å². The van der Waals surface area contributed by atoms with Gasteiger partial charge in [-0.15, -0.1) is 0 Å². The lowest BCUT2D eigenvalue weighted by molar-refractivity contribution is 0.0935. The van der Waals surface area contributed by atoms with Crippen LogP contribution >= 0.6 is 15.9 Å². The van der Waals surface area contributed by atoms with Crippen molar-refractivity contribution < 1.29 is 80.1 Å². The molecule has 0 radical (unpaired) electrons. The van der Waals surface area contributed by atoms with Gasteiger partial charge in [-0.2, -0.15) is 0 Å². The number of aliphatic hydroxyl groups excluding tert-OH is 1. The fourth-order valence-electron chi connectivity index (χ4n) is 13.4. The van der Waals surface area contributed by atoms with Crippen molar-refractivity contribution in [3.05, 3.63) is 215 Å². The Labute approximate surface area is 545 Å². The number of likely N-dealkylation sites (tertiary alicyclic amines) is 3. The first-order chi connectivity index (χ1) is 44.3. The van der Waals surface area contributed by atoms with Crippen LogP contribution in [0.3, 0.4) is 0 Å². The molecule has 3 aliphatic carbocycles. The summed E-state index contributed by atoms with van der Waals surface area (Å²) in [4.78, 5) is 41.9. The Morgan fingerprint density at radius 2 is 0.828 bits per heavy atom. The molecule has 21 heteroatoms. The number of carbonyl (C=O) groups excluding carboxylic acids is 3. The van der Waals surface area contributed by atoms with Gasteiger partial charge in [0.25, 0.3) is 0 Å². The molecule has 3 saturated carbocycles. The fraction of sp³-hybridized carbons (Fsp3) is 0.375. The molecule has 3 saturated heterocycles. The molecule has 0 aromatic heterocycles. The minimum absolute atomic E-state index is 0. The number of ketones is 2. The van der Waals surface area contributed by atoms with Crippen molar-refractivity contribution in [3.8, 4) is 34.5 Å². The molecule has 10 atom stereocenters. The van der Waals surface area contributed by atoms with Crippen LogP contribution in [-0.2, 0) is 11.3 Å². The van der Waals surface area contributed by atoms with Gasteiger partial charge in [-0.3, -0.25) is 19.4 Å². The number of phenolic OH excluding ortho intramolecular Hbond substituents is 3. The number of carbonyl (C=O) groups is 3. The lowest BCUT2D eigenvalue weighted by atomic mass is 10.0. The van der Waals surface area contributed by atoms with E-state index in [2.05, 4.69) is 25.7 Å². The van der Waals surface area contributed by atoms with E-state index in [1.807, 2.05) is 30.3 Å². The third kappa shape index (κ3) is 19.0. The highest BCUT2D eigenvalue weighted by Crippen LogP contribution is 2.43. The second kappa shape index (κ2) is 32.2. The van der Waals surface area contributed by atoms with Crippen molar-refractivity contribution in [1.82, 2.24) is 14.7 Å². The largest absolute Gasteiger partial charge is 0.508 e. The molecule has 7 aromatic rings. The molecule has 93 heavy (non-hydrogen) atoms. The Hall–Kier alpha value is -8.11. The Morgan fingerprint density at radius 1 is 0.462 bits per heavy atom. The molecule has 0 bridgehead atoms. The van der Waals surface area contributed by atoms with Crippen LogP contribution in [0.4, 0.5) is 31.1 Å². The summed E-state index contributed by atoms with van der Waals surface area (Å²) in [6, 6.07) is 39.6. The molecule has 7 aromatic carbocycles.